The van der Waals surface area contributed by atoms with Crippen LogP contribution in [0, 0.1) is 17.7 Å². The number of hydrogen-bond donors (Lipinski definition) is 2. The van der Waals surface area contributed by atoms with Gasteiger partial charge in [0, 0.05) is 38.0 Å². The van der Waals surface area contributed by atoms with Crippen molar-refractivity contribution in [1.29, 1.82) is 0 Å². The molecule has 0 aliphatic carbocycles. The third kappa shape index (κ3) is 2.95. The standard InChI is InChI=1S/C20H23FN4O2/c21-14-3-1-13(2-4-14)9-25-10-16-15(18-5-6-20(16,11-25)27-18)7-23-19(26)17-8-22-12-24-17/h1-4,8,12,15-16,18H,5-7,9-11H2,(H,22,24)(H,23,26)/t15-,16+,18+,20+/m0/s1. The Kier molecular flexibility index (Phi) is 4.02. The second-order valence-corrected chi connectivity index (χ2v) is 8.00. The molecule has 3 aliphatic rings. The number of rotatable bonds is 5. The van der Waals surface area contributed by atoms with E-state index >= 15 is 0 Å². The summed E-state index contributed by atoms with van der Waals surface area (Å²) in [6, 6.07) is 6.73. The fourth-order valence-corrected chi connectivity index (χ4v) is 5.21. The van der Waals surface area contributed by atoms with Gasteiger partial charge in [0.05, 0.1) is 24.2 Å². The average molecular weight is 370 g/mol. The molecule has 3 fully saturated rings. The summed E-state index contributed by atoms with van der Waals surface area (Å²) in [4.78, 5) is 21.4. The Labute approximate surface area is 157 Å². The van der Waals surface area contributed by atoms with Gasteiger partial charge >= 0.3 is 0 Å². The first-order valence-corrected chi connectivity index (χ1v) is 9.54. The van der Waals surface area contributed by atoms with Crippen molar-refractivity contribution in [2.75, 3.05) is 19.6 Å². The lowest BCUT2D eigenvalue weighted by Gasteiger charge is -2.29. The van der Waals surface area contributed by atoms with Crippen LogP contribution in [0.4, 0.5) is 4.39 Å². The van der Waals surface area contributed by atoms with Crippen molar-refractivity contribution in [2.24, 2.45) is 11.8 Å². The molecule has 1 amide bonds. The molecule has 27 heavy (non-hydrogen) atoms. The molecule has 3 aliphatic heterocycles. The zero-order chi connectivity index (χ0) is 18.4. The zero-order valence-corrected chi connectivity index (χ0v) is 15.0. The van der Waals surface area contributed by atoms with Gasteiger partial charge in [0.2, 0.25) is 0 Å². The normalized spacial score (nSPS) is 32.0. The van der Waals surface area contributed by atoms with E-state index < -0.39 is 0 Å². The quantitative estimate of drug-likeness (QED) is 0.844. The van der Waals surface area contributed by atoms with Crippen LogP contribution in [-0.4, -0.2) is 52.1 Å². The molecular weight excluding hydrogens is 347 g/mol. The van der Waals surface area contributed by atoms with Crippen LogP contribution in [0.1, 0.15) is 28.9 Å². The second-order valence-electron chi connectivity index (χ2n) is 8.00. The summed E-state index contributed by atoms with van der Waals surface area (Å²) in [6.45, 7) is 3.30. The van der Waals surface area contributed by atoms with Gasteiger partial charge in [0.15, 0.2) is 0 Å². The lowest BCUT2D eigenvalue weighted by Crippen LogP contribution is -2.42. The Balaban J connectivity index is 1.25. The number of amides is 1. The molecule has 142 valence electrons. The third-order valence-corrected chi connectivity index (χ3v) is 6.41. The summed E-state index contributed by atoms with van der Waals surface area (Å²) in [5, 5.41) is 3.04. The van der Waals surface area contributed by atoms with E-state index in [9.17, 15) is 9.18 Å². The van der Waals surface area contributed by atoms with Gasteiger partial charge in [0.1, 0.15) is 11.5 Å². The van der Waals surface area contributed by atoms with Crippen LogP contribution in [0.2, 0.25) is 0 Å². The van der Waals surface area contributed by atoms with Crippen LogP contribution >= 0.6 is 0 Å². The number of nitrogens with zero attached hydrogens (tertiary/aromatic N) is 2. The molecule has 0 radical (unpaired) electrons. The van der Waals surface area contributed by atoms with Gasteiger partial charge in [-0.05, 0) is 30.5 Å². The number of H-pyrrole nitrogens is 1. The van der Waals surface area contributed by atoms with Crippen LogP contribution < -0.4 is 5.32 Å². The molecular formula is C20H23FN4O2. The van der Waals surface area contributed by atoms with Crippen molar-refractivity contribution in [1.82, 2.24) is 20.2 Å². The first kappa shape index (κ1) is 16.9. The van der Waals surface area contributed by atoms with Gasteiger partial charge < -0.3 is 15.0 Å². The molecule has 0 unspecified atom stereocenters. The van der Waals surface area contributed by atoms with E-state index in [2.05, 4.69) is 20.2 Å². The maximum atomic E-state index is 13.1. The highest BCUT2D eigenvalue weighted by Crippen LogP contribution is 2.54. The predicted octanol–water partition coefficient (Wildman–Crippen LogP) is 1.96. The zero-order valence-electron chi connectivity index (χ0n) is 15.0. The van der Waals surface area contributed by atoms with Crippen LogP contribution in [0.3, 0.4) is 0 Å². The number of aromatic amines is 1. The summed E-state index contributed by atoms with van der Waals surface area (Å²) in [5.74, 6) is 0.443. The molecule has 2 aromatic rings. The summed E-state index contributed by atoms with van der Waals surface area (Å²) >= 11 is 0. The third-order valence-electron chi connectivity index (χ3n) is 6.41. The first-order chi connectivity index (χ1) is 13.1. The number of benzene rings is 1. The molecule has 1 aromatic carbocycles. The number of carbonyl (C=O) groups is 1. The molecule has 0 saturated carbocycles. The van der Waals surface area contributed by atoms with Gasteiger partial charge in [-0.2, -0.15) is 0 Å². The van der Waals surface area contributed by atoms with Gasteiger partial charge in [0.25, 0.3) is 5.91 Å². The van der Waals surface area contributed by atoms with Gasteiger partial charge in [-0.15, -0.1) is 0 Å². The topological polar surface area (TPSA) is 70.2 Å². The number of ether oxygens (including phenoxy) is 1. The number of fused-ring (bicyclic) bond motifs is 1. The number of carbonyl (C=O) groups excluding carboxylic acids is 1. The monoisotopic (exact) mass is 370 g/mol. The van der Waals surface area contributed by atoms with Gasteiger partial charge in [-0.1, -0.05) is 12.1 Å². The lowest BCUT2D eigenvalue weighted by molar-refractivity contribution is 0.00212. The fraction of sp³-hybridized carbons (Fsp3) is 0.500. The van der Waals surface area contributed by atoms with Crippen molar-refractivity contribution in [2.45, 2.75) is 31.1 Å². The Morgan fingerprint density at radius 2 is 2.26 bits per heavy atom. The second kappa shape index (κ2) is 6.42. The highest BCUT2D eigenvalue weighted by atomic mass is 19.1. The summed E-state index contributed by atoms with van der Waals surface area (Å²) < 4.78 is 19.6. The van der Waals surface area contributed by atoms with E-state index in [0.717, 1.165) is 38.0 Å². The Morgan fingerprint density at radius 1 is 1.41 bits per heavy atom. The number of imidazole rings is 1. The van der Waals surface area contributed by atoms with Crippen LogP contribution in [0.25, 0.3) is 0 Å². The number of hydrogen-bond acceptors (Lipinski definition) is 4. The van der Waals surface area contributed by atoms with E-state index in [-0.39, 0.29) is 23.4 Å². The molecule has 2 bridgehead atoms. The molecule has 4 atom stereocenters. The highest BCUT2D eigenvalue weighted by molar-refractivity contribution is 5.91. The predicted molar refractivity (Wildman–Crippen MR) is 96.4 cm³/mol. The smallest absolute Gasteiger partial charge is 0.269 e. The van der Waals surface area contributed by atoms with Crippen molar-refractivity contribution in [3.05, 3.63) is 53.9 Å². The van der Waals surface area contributed by atoms with Gasteiger partial charge in [-0.25, -0.2) is 9.37 Å². The van der Waals surface area contributed by atoms with E-state index in [1.165, 1.54) is 24.7 Å². The fourth-order valence-electron chi connectivity index (χ4n) is 5.21. The molecule has 6 nitrogen and oxygen atoms in total. The van der Waals surface area contributed by atoms with E-state index in [1.54, 1.807) is 0 Å². The van der Waals surface area contributed by atoms with Crippen LogP contribution in [0.15, 0.2) is 36.8 Å². The molecule has 5 rings (SSSR count). The maximum absolute atomic E-state index is 13.1. The first-order valence-electron chi connectivity index (χ1n) is 9.54. The highest BCUT2D eigenvalue weighted by Gasteiger charge is 2.62. The van der Waals surface area contributed by atoms with E-state index in [1.807, 2.05) is 12.1 Å². The van der Waals surface area contributed by atoms with Crippen LogP contribution in [-0.2, 0) is 11.3 Å². The lowest BCUT2D eigenvalue weighted by atomic mass is 9.73. The minimum absolute atomic E-state index is 0.0753. The largest absolute Gasteiger partial charge is 0.370 e. The molecule has 7 heteroatoms. The van der Waals surface area contributed by atoms with Gasteiger partial charge in [-0.3, -0.25) is 9.69 Å². The number of aromatic nitrogens is 2. The van der Waals surface area contributed by atoms with Crippen molar-refractivity contribution in [3.63, 3.8) is 0 Å². The SMILES string of the molecule is O=C(NC[C@H]1[C@H]2CN(Cc3ccc(F)cc3)C[C@]23CC[C@H]1O3)c1cnc[nH]1. The number of nitrogens with one attached hydrogen (secondary N) is 2. The maximum Gasteiger partial charge on any atom is 0.269 e. The minimum atomic E-state index is -0.203. The van der Waals surface area contributed by atoms with E-state index in [0.29, 0.717) is 24.1 Å². The van der Waals surface area contributed by atoms with Crippen molar-refractivity contribution < 1.29 is 13.9 Å². The van der Waals surface area contributed by atoms with Crippen LogP contribution in [0.5, 0.6) is 0 Å². The Hall–Kier alpha value is -2.25. The Bertz CT molecular complexity index is 825. The minimum Gasteiger partial charge on any atom is -0.370 e. The average Bonchev–Trinajstić information content (AvgIpc) is 3.42. The molecule has 1 spiro atoms. The Morgan fingerprint density at radius 3 is 3.04 bits per heavy atom. The molecule has 1 aromatic heterocycles. The summed E-state index contributed by atoms with van der Waals surface area (Å²) in [6.07, 6.45) is 5.44. The van der Waals surface area contributed by atoms with Crippen molar-refractivity contribution in [3.8, 4) is 0 Å². The molecule has 4 heterocycles. The molecule has 3 saturated heterocycles. The summed E-state index contributed by atoms with van der Waals surface area (Å²) in [7, 11) is 0. The number of halogens is 1. The van der Waals surface area contributed by atoms with Crippen molar-refractivity contribution >= 4 is 5.91 Å². The number of likely N-dealkylation sites (tertiary alicyclic amines) is 1. The molecule has 2 N–H and O–H groups in total. The van der Waals surface area contributed by atoms with E-state index in [4.69, 9.17) is 4.74 Å². The summed E-state index contributed by atoms with van der Waals surface area (Å²) in [5.41, 5.74) is 1.53.